The molecule has 0 aliphatic heterocycles. The molecule has 0 aromatic heterocycles. The topological polar surface area (TPSA) is 38.0 Å². The summed E-state index contributed by atoms with van der Waals surface area (Å²) in [6.07, 6.45) is 13.6. The lowest BCUT2D eigenvalue weighted by atomic mass is 9.81. The van der Waals surface area contributed by atoms with E-state index in [1.54, 1.807) is 0 Å². The predicted octanol–water partition coefficient (Wildman–Crippen LogP) is 8.71. The molecule has 184 valence electrons. The summed E-state index contributed by atoms with van der Waals surface area (Å²) in [5.41, 5.74) is 12.4. The van der Waals surface area contributed by atoms with Gasteiger partial charge in [0.05, 0.1) is 0 Å². The maximum atomic E-state index is 5.60. The molecular formula is C32H46N2. The van der Waals surface area contributed by atoms with Gasteiger partial charge in [0, 0.05) is 17.2 Å². The van der Waals surface area contributed by atoms with Gasteiger partial charge < -0.3 is 5.43 Å². The van der Waals surface area contributed by atoms with E-state index >= 15 is 0 Å². The first kappa shape index (κ1) is 31.0. The van der Waals surface area contributed by atoms with E-state index in [0.29, 0.717) is 5.92 Å². The number of rotatable bonds is 11. The lowest BCUT2D eigenvalue weighted by Crippen LogP contribution is -2.19. The number of unbranched alkanes of at least 4 members (excludes halogenated alkanes) is 1. The van der Waals surface area contributed by atoms with Crippen molar-refractivity contribution < 1.29 is 0 Å². The van der Waals surface area contributed by atoms with Crippen LogP contribution in [-0.4, -0.2) is 0 Å². The molecule has 0 saturated heterocycles. The van der Waals surface area contributed by atoms with Crippen molar-refractivity contribution in [1.29, 1.82) is 0 Å². The van der Waals surface area contributed by atoms with Gasteiger partial charge in [-0.1, -0.05) is 113 Å². The second kappa shape index (κ2) is 17.5. The van der Waals surface area contributed by atoms with Crippen molar-refractivity contribution in [2.24, 2.45) is 11.8 Å². The van der Waals surface area contributed by atoms with Crippen molar-refractivity contribution in [1.82, 2.24) is 5.43 Å². The quantitative estimate of drug-likeness (QED) is 0.153. The molecule has 0 bridgehead atoms. The first-order valence-electron chi connectivity index (χ1n) is 12.4. The van der Waals surface area contributed by atoms with Crippen molar-refractivity contribution in [3.63, 3.8) is 0 Å². The second-order valence-electron chi connectivity index (χ2n) is 8.26. The minimum absolute atomic E-state index is 0.422. The van der Waals surface area contributed by atoms with E-state index in [9.17, 15) is 0 Å². The number of benzene rings is 2. The molecule has 0 saturated carbocycles. The van der Waals surface area contributed by atoms with Crippen LogP contribution in [0.5, 0.6) is 0 Å². The standard InChI is InChI=1S/C28H38N2.C2H6.C2H2/c1-7-9-12-21(5)28(25(8-2)20(3)4)19-23-15-17-24(18-16-23)27-14-11-10-13-26(27)22(6)30-29;2*1-2/h10-11,13-18,28,30H,5-9,12,19,29H2,1-4H3;1-2H3;1-2H. The summed E-state index contributed by atoms with van der Waals surface area (Å²) in [4.78, 5) is 0. The highest BCUT2D eigenvalue weighted by atomic mass is 15.2. The summed E-state index contributed by atoms with van der Waals surface area (Å²) < 4.78 is 0. The van der Waals surface area contributed by atoms with E-state index in [1.807, 2.05) is 32.0 Å². The third kappa shape index (κ3) is 9.08. The van der Waals surface area contributed by atoms with Gasteiger partial charge in [-0.15, -0.1) is 12.8 Å². The van der Waals surface area contributed by atoms with Crippen LogP contribution >= 0.6 is 0 Å². The summed E-state index contributed by atoms with van der Waals surface area (Å²) in [5, 5.41) is 0. The van der Waals surface area contributed by atoms with Gasteiger partial charge in [-0.3, -0.25) is 5.84 Å². The summed E-state index contributed by atoms with van der Waals surface area (Å²) in [5.74, 6) is 6.02. The van der Waals surface area contributed by atoms with Gasteiger partial charge in [0.1, 0.15) is 0 Å². The first-order valence-corrected chi connectivity index (χ1v) is 12.4. The summed E-state index contributed by atoms with van der Waals surface area (Å²) in [6.45, 7) is 21.5. The molecule has 2 aromatic carbocycles. The minimum Gasteiger partial charge on any atom is -0.324 e. The fourth-order valence-electron chi connectivity index (χ4n) is 4.17. The van der Waals surface area contributed by atoms with Crippen LogP contribution in [0.15, 0.2) is 78.4 Å². The molecule has 34 heavy (non-hydrogen) atoms. The molecule has 1 atom stereocenters. The average Bonchev–Trinajstić information content (AvgIpc) is 2.89. The van der Waals surface area contributed by atoms with Gasteiger partial charge in [-0.2, -0.15) is 0 Å². The van der Waals surface area contributed by atoms with Crippen LogP contribution in [-0.2, 0) is 6.42 Å². The normalized spacial score (nSPS) is 10.5. The molecule has 1 unspecified atom stereocenters. The number of allylic oxidation sites excluding steroid dienone is 3. The highest BCUT2D eigenvalue weighted by Crippen LogP contribution is 2.33. The predicted molar refractivity (Wildman–Crippen MR) is 154 cm³/mol. The molecule has 0 aliphatic rings. The summed E-state index contributed by atoms with van der Waals surface area (Å²) in [7, 11) is 0. The molecule has 0 amide bonds. The highest BCUT2D eigenvalue weighted by molar-refractivity contribution is 5.79. The SMILES string of the molecule is C#C.C=C(NN)c1ccccc1-c1ccc(CC(C(=C)CCCC)C(CC)=C(C)C)cc1.CC. The molecule has 2 rings (SSSR count). The maximum absolute atomic E-state index is 5.60. The Hall–Kier alpha value is -3.02. The molecule has 0 fully saturated rings. The Morgan fingerprint density at radius 1 is 0.971 bits per heavy atom. The molecular weight excluding hydrogens is 412 g/mol. The van der Waals surface area contributed by atoms with E-state index in [-0.39, 0.29) is 0 Å². The lowest BCUT2D eigenvalue weighted by Gasteiger charge is -2.24. The zero-order valence-electron chi connectivity index (χ0n) is 22.4. The van der Waals surface area contributed by atoms with Crippen molar-refractivity contribution >= 4 is 5.70 Å². The Morgan fingerprint density at radius 2 is 1.56 bits per heavy atom. The van der Waals surface area contributed by atoms with E-state index in [2.05, 4.69) is 89.5 Å². The van der Waals surface area contributed by atoms with E-state index < -0.39 is 0 Å². The van der Waals surface area contributed by atoms with Crippen molar-refractivity contribution in [3.8, 4) is 24.0 Å². The summed E-state index contributed by atoms with van der Waals surface area (Å²) >= 11 is 0. The molecule has 2 nitrogen and oxygen atoms in total. The number of nitrogens with one attached hydrogen (secondary N) is 1. The number of hydrogen-bond acceptors (Lipinski definition) is 2. The van der Waals surface area contributed by atoms with Gasteiger partial charge in [0.2, 0.25) is 0 Å². The summed E-state index contributed by atoms with van der Waals surface area (Å²) in [6, 6.07) is 17.1. The molecule has 0 aliphatic carbocycles. The number of hydrazine groups is 1. The van der Waals surface area contributed by atoms with Crippen molar-refractivity contribution in [3.05, 3.63) is 89.5 Å². The van der Waals surface area contributed by atoms with Crippen LogP contribution in [0.2, 0.25) is 0 Å². The Labute approximate surface area is 210 Å². The van der Waals surface area contributed by atoms with E-state index in [0.717, 1.165) is 36.1 Å². The monoisotopic (exact) mass is 458 g/mol. The van der Waals surface area contributed by atoms with Crippen LogP contribution in [0.1, 0.15) is 78.4 Å². The number of nitrogens with two attached hydrogens (primary N) is 1. The van der Waals surface area contributed by atoms with Gasteiger partial charge >= 0.3 is 0 Å². The molecule has 2 heteroatoms. The third-order valence-corrected chi connectivity index (χ3v) is 5.92. The maximum Gasteiger partial charge on any atom is 0.0491 e. The minimum atomic E-state index is 0.422. The fourth-order valence-corrected chi connectivity index (χ4v) is 4.17. The molecule has 0 spiro atoms. The van der Waals surface area contributed by atoms with Gasteiger partial charge in [-0.05, 0) is 56.2 Å². The molecule has 0 heterocycles. The van der Waals surface area contributed by atoms with Crippen molar-refractivity contribution in [2.75, 3.05) is 0 Å². The Bertz CT molecular complexity index is 925. The zero-order chi connectivity index (χ0) is 26.1. The largest absolute Gasteiger partial charge is 0.324 e. The smallest absolute Gasteiger partial charge is 0.0491 e. The Kier molecular flexibility index (Phi) is 15.9. The second-order valence-corrected chi connectivity index (χ2v) is 8.26. The van der Waals surface area contributed by atoms with E-state index in [4.69, 9.17) is 5.84 Å². The van der Waals surface area contributed by atoms with Crippen LogP contribution in [0.4, 0.5) is 0 Å². The highest BCUT2D eigenvalue weighted by Gasteiger charge is 2.18. The van der Waals surface area contributed by atoms with Gasteiger partial charge in [-0.25, -0.2) is 0 Å². The zero-order valence-corrected chi connectivity index (χ0v) is 22.4. The van der Waals surface area contributed by atoms with Crippen LogP contribution < -0.4 is 11.3 Å². The van der Waals surface area contributed by atoms with Crippen molar-refractivity contribution in [2.45, 2.75) is 73.6 Å². The van der Waals surface area contributed by atoms with Crippen LogP contribution in [0.25, 0.3) is 16.8 Å². The molecule has 0 radical (unpaired) electrons. The third-order valence-electron chi connectivity index (χ3n) is 5.92. The lowest BCUT2D eigenvalue weighted by molar-refractivity contribution is 0.624. The fraction of sp³-hybridized carbons (Fsp3) is 0.375. The first-order chi connectivity index (χ1) is 16.4. The van der Waals surface area contributed by atoms with Gasteiger partial charge in [0.25, 0.3) is 0 Å². The molecule has 3 N–H and O–H groups in total. The van der Waals surface area contributed by atoms with Crippen LogP contribution in [0.3, 0.4) is 0 Å². The molecule has 2 aromatic rings. The van der Waals surface area contributed by atoms with E-state index in [1.165, 1.54) is 40.7 Å². The Morgan fingerprint density at radius 3 is 2.06 bits per heavy atom. The number of terminal acetylenes is 1. The van der Waals surface area contributed by atoms with Gasteiger partial charge in [0.15, 0.2) is 0 Å². The average molecular weight is 459 g/mol. The Balaban J connectivity index is 0.00000258. The van der Waals surface area contributed by atoms with Crippen LogP contribution in [0, 0.1) is 18.8 Å². The number of hydrogen-bond donors (Lipinski definition) is 2.